The molecule has 0 heterocycles. The maximum atomic E-state index is 12.4. The number of carbonyl (C=O) groups excluding carboxylic acids is 1. The van der Waals surface area contributed by atoms with E-state index in [-0.39, 0.29) is 13.1 Å². The summed E-state index contributed by atoms with van der Waals surface area (Å²) in [6.45, 7) is 0.676. The number of carbonyl (C=O) groups is 1. The Hall–Kier alpha value is -1.72. The summed E-state index contributed by atoms with van der Waals surface area (Å²) in [5.41, 5.74) is 0.711. The van der Waals surface area contributed by atoms with Gasteiger partial charge in [-0.1, -0.05) is 31.5 Å². The van der Waals surface area contributed by atoms with E-state index in [9.17, 15) is 18.0 Å². The standard InChI is InChI=1S/C14H19F3N2O/c1-2-3-9-19(11-14(15,16)17)13(20)10-18-12-7-5-4-6-8-12/h4-8,18H,2-3,9-11H2,1H3. The maximum absolute atomic E-state index is 12.4. The molecule has 3 nitrogen and oxygen atoms in total. The fourth-order valence-corrected chi connectivity index (χ4v) is 1.70. The number of nitrogens with zero attached hydrogens (tertiary/aromatic N) is 1. The van der Waals surface area contributed by atoms with Crippen LogP contribution in [-0.4, -0.2) is 36.6 Å². The van der Waals surface area contributed by atoms with Crippen molar-refractivity contribution in [1.29, 1.82) is 0 Å². The molecule has 0 aliphatic carbocycles. The molecule has 0 aliphatic rings. The zero-order chi connectivity index (χ0) is 15.0. The molecular weight excluding hydrogens is 269 g/mol. The Morgan fingerprint density at radius 3 is 2.45 bits per heavy atom. The van der Waals surface area contributed by atoms with Crippen molar-refractivity contribution >= 4 is 11.6 Å². The molecule has 20 heavy (non-hydrogen) atoms. The van der Waals surface area contributed by atoms with E-state index in [1.807, 2.05) is 13.0 Å². The van der Waals surface area contributed by atoms with Gasteiger partial charge in [-0.3, -0.25) is 4.79 Å². The number of hydrogen-bond donors (Lipinski definition) is 1. The first kappa shape index (κ1) is 16.3. The molecule has 1 aromatic rings. The van der Waals surface area contributed by atoms with Gasteiger partial charge < -0.3 is 10.2 Å². The lowest BCUT2D eigenvalue weighted by atomic mass is 10.3. The van der Waals surface area contributed by atoms with Crippen LogP contribution in [0, 0.1) is 0 Å². The topological polar surface area (TPSA) is 32.3 Å². The van der Waals surface area contributed by atoms with Crippen LogP contribution in [0.15, 0.2) is 30.3 Å². The molecule has 1 N–H and O–H groups in total. The summed E-state index contributed by atoms with van der Waals surface area (Å²) < 4.78 is 37.3. The predicted molar refractivity (Wildman–Crippen MR) is 72.5 cm³/mol. The van der Waals surface area contributed by atoms with Gasteiger partial charge in [0.15, 0.2) is 0 Å². The minimum Gasteiger partial charge on any atom is -0.376 e. The third kappa shape index (κ3) is 6.45. The third-order valence-electron chi connectivity index (χ3n) is 2.72. The number of anilines is 1. The number of nitrogens with one attached hydrogen (secondary N) is 1. The largest absolute Gasteiger partial charge is 0.406 e. The van der Waals surface area contributed by atoms with Crippen LogP contribution >= 0.6 is 0 Å². The molecule has 0 atom stereocenters. The average Bonchev–Trinajstić information content (AvgIpc) is 2.40. The molecule has 0 aliphatic heterocycles. The Morgan fingerprint density at radius 2 is 1.90 bits per heavy atom. The van der Waals surface area contributed by atoms with E-state index in [2.05, 4.69) is 5.32 Å². The van der Waals surface area contributed by atoms with Crippen LogP contribution in [0.3, 0.4) is 0 Å². The highest BCUT2D eigenvalue weighted by atomic mass is 19.4. The van der Waals surface area contributed by atoms with E-state index in [1.165, 1.54) is 0 Å². The van der Waals surface area contributed by atoms with Gasteiger partial charge in [0, 0.05) is 12.2 Å². The van der Waals surface area contributed by atoms with Gasteiger partial charge in [0.2, 0.25) is 5.91 Å². The van der Waals surface area contributed by atoms with Crippen molar-refractivity contribution in [2.24, 2.45) is 0 Å². The predicted octanol–water partition coefficient (Wildman–Crippen LogP) is 3.29. The second kappa shape index (κ2) is 7.77. The Balaban J connectivity index is 2.54. The van der Waals surface area contributed by atoms with Crippen molar-refractivity contribution in [2.45, 2.75) is 25.9 Å². The van der Waals surface area contributed by atoms with Crippen molar-refractivity contribution in [1.82, 2.24) is 4.90 Å². The van der Waals surface area contributed by atoms with Gasteiger partial charge in [0.25, 0.3) is 0 Å². The van der Waals surface area contributed by atoms with Gasteiger partial charge in [0.1, 0.15) is 6.54 Å². The molecule has 0 bridgehead atoms. The highest BCUT2D eigenvalue weighted by molar-refractivity contribution is 5.80. The molecule has 0 radical (unpaired) electrons. The molecule has 1 rings (SSSR count). The monoisotopic (exact) mass is 288 g/mol. The molecule has 0 spiro atoms. The van der Waals surface area contributed by atoms with Crippen LogP contribution < -0.4 is 5.32 Å². The lowest BCUT2D eigenvalue weighted by Gasteiger charge is -2.24. The summed E-state index contributed by atoms with van der Waals surface area (Å²) in [6, 6.07) is 8.92. The molecule has 0 saturated heterocycles. The quantitative estimate of drug-likeness (QED) is 0.835. The molecule has 0 fully saturated rings. The molecule has 1 amide bonds. The summed E-state index contributed by atoms with van der Waals surface area (Å²) in [5.74, 6) is -0.542. The lowest BCUT2D eigenvalue weighted by Crippen LogP contribution is -2.42. The third-order valence-corrected chi connectivity index (χ3v) is 2.72. The minimum absolute atomic E-state index is 0.130. The summed E-state index contributed by atoms with van der Waals surface area (Å²) in [7, 11) is 0. The normalized spacial score (nSPS) is 11.2. The number of rotatable bonds is 7. The first-order valence-corrected chi connectivity index (χ1v) is 6.56. The lowest BCUT2D eigenvalue weighted by molar-refractivity contribution is -0.160. The Labute approximate surface area is 116 Å². The first-order chi connectivity index (χ1) is 9.42. The van der Waals surface area contributed by atoms with Crippen LogP contribution in [0.5, 0.6) is 0 Å². The molecule has 6 heteroatoms. The van der Waals surface area contributed by atoms with Crippen molar-refractivity contribution in [2.75, 3.05) is 25.0 Å². The van der Waals surface area contributed by atoms with E-state index < -0.39 is 18.6 Å². The number of alkyl halides is 3. The fourth-order valence-electron chi connectivity index (χ4n) is 1.70. The highest BCUT2D eigenvalue weighted by Crippen LogP contribution is 2.17. The van der Waals surface area contributed by atoms with E-state index in [0.29, 0.717) is 12.1 Å². The zero-order valence-electron chi connectivity index (χ0n) is 11.4. The van der Waals surface area contributed by atoms with Crippen molar-refractivity contribution in [3.8, 4) is 0 Å². The van der Waals surface area contributed by atoms with Gasteiger partial charge in [0.05, 0.1) is 6.54 Å². The molecular formula is C14H19F3N2O. The van der Waals surface area contributed by atoms with Gasteiger partial charge in [-0.05, 0) is 18.6 Å². The summed E-state index contributed by atoms with van der Waals surface area (Å²) in [4.78, 5) is 12.7. The highest BCUT2D eigenvalue weighted by Gasteiger charge is 2.32. The number of amides is 1. The van der Waals surface area contributed by atoms with Crippen molar-refractivity contribution in [3.63, 3.8) is 0 Å². The van der Waals surface area contributed by atoms with Crippen molar-refractivity contribution < 1.29 is 18.0 Å². The van der Waals surface area contributed by atoms with Gasteiger partial charge >= 0.3 is 6.18 Å². The van der Waals surface area contributed by atoms with E-state index in [1.54, 1.807) is 24.3 Å². The Bertz CT molecular complexity index is 407. The van der Waals surface area contributed by atoms with E-state index in [0.717, 1.165) is 11.3 Å². The number of unbranched alkanes of at least 4 members (excludes halogenated alkanes) is 1. The van der Waals surface area contributed by atoms with Gasteiger partial charge in [-0.25, -0.2) is 0 Å². The summed E-state index contributed by atoms with van der Waals surface area (Å²) >= 11 is 0. The Morgan fingerprint density at radius 1 is 1.25 bits per heavy atom. The van der Waals surface area contributed by atoms with E-state index in [4.69, 9.17) is 0 Å². The van der Waals surface area contributed by atoms with E-state index >= 15 is 0 Å². The Kier molecular flexibility index (Phi) is 6.35. The van der Waals surface area contributed by atoms with Crippen LogP contribution in [0.25, 0.3) is 0 Å². The minimum atomic E-state index is -4.36. The number of halogens is 3. The smallest absolute Gasteiger partial charge is 0.376 e. The van der Waals surface area contributed by atoms with Crippen molar-refractivity contribution in [3.05, 3.63) is 30.3 Å². The molecule has 1 aromatic carbocycles. The van der Waals surface area contributed by atoms with Crippen LogP contribution in [0.2, 0.25) is 0 Å². The second-order valence-electron chi connectivity index (χ2n) is 4.50. The SMILES string of the molecule is CCCCN(CC(F)(F)F)C(=O)CNc1ccccc1. The summed E-state index contributed by atoms with van der Waals surface area (Å²) in [6.07, 6.45) is -3.06. The first-order valence-electron chi connectivity index (χ1n) is 6.56. The zero-order valence-corrected chi connectivity index (χ0v) is 11.4. The molecule has 0 saturated carbocycles. The molecule has 0 aromatic heterocycles. The van der Waals surface area contributed by atoms with Gasteiger partial charge in [-0.15, -0.1) is 0 Å². The van der Waals surface area contributed by atoms with Gasteiger partial charge in [-0.2, -0.15) is 13.2 Å². The number of benzene rings is 1. The fraction of sp³-hybridized carbons (Fsp3) is 0.500. The summed E-state index contributed by atoms with van der Waals surface area (Å²) in [5, 5.41) is 2.83. The molecule has 112 valence electrons. The second-order valence-corrected chi connectivity index (χ2v) is 4.50. The average molecular weight is 288 g/mol. The van der Waals surface area contributed by atoms with Crippen LogP contribution in [0.1, 0.15) is 19.8 Å². The van der Waals surface area contributed by atoms with Crippen LogP contribution in [-0.2, 0) is 4.79 Å². The van der Waals surface area contributed by atoms with Crippen LogP contribution in [0.4, 0.5) is 18.9 Å². The number of hydrogen-bond acceptors (Lipinski definition) is 2. The molecule has 0 unspecified atom stereocenters. The maximum Gasteiger partial charge on any atom is 0.406 e. The number of para-hydroxylation sites is 1.